The summed E-state index contributed by atoms with van der Waals surface area (Å²) in [5.41, 5.74) is 8.70. The van der Waals surface area contributed by atoms with E-state index in [1.807, 2.05) is 0 Å². The van der Waals surface area contributed by atoms with Gasteiger partial charge < -0.3 is 5.73 Å². The number of thiophene rings is 1. The highest BCUT2D eigenvalue weighted by molar-refractivity contribution is 7.17. The molecule has 0 spiro atoms. The highest BCUT2D eigenvalue weighted by Crippen LogP contribution is 2.50. The van der Waals surface area contributed by atoms with Crippen molar-refractivity contribution in [3.63, 3.8) is 0 Å². The molecule has 2 aromatic heterocycles. The molecule has 2 aliphatic carbocycles. The van der Waals surface area contributed by atoms with E-state index in [0.29, 0.717) is 5.92 Å². The van der Waals surface area contributed by atoms with Crippen LogP contribution in [0, 0.1) is 6.92 Å². The summed E-state index contributed by atoms with van der Waals surface area (Å²) >= 11 is 3.27. The molecule has 2 aromatic rings. The molecule has 0 aromatic carbocycles. The molecule has 0 radical (unpaired) electrons. The second kappa shape index (κ2) is 3.78. The van der Waals surface area contributed by atoms with E-state index in [1.54, 1.807) is 11.3 Å². The van der Waals surface area contributed by atoms with Crippen molar-refractivity contribution in [1.82, 2.24) is 9.36 Å². The smallest absolute Gasteiger partial charge is 0.147 e. The Balaban J connectivity index is 1.77. The van der Waals surface area contributed by atoms with Gasteiger partial charge in [0.1, 0.15) is 10.8 Å². The molecular formula is C13H15N3S2. The second-order valence-electron chi connectivity index (χ2n) is 5.34. The van der Waals surface area contributed by atoms with Gasteiger partial charge in [-0.15, -0.1) is 11.3 Å². The lowest BCUT2D eigenvalue weighted by molar-refractivity contribution is 0.987. The number of hydrogen-bond donors (Lipinski definition) is 1. The van der Waals surface area contributed by atoms with E-state index in [1.165, 1.54) is 47.7 Å². The fraction of sp³-hybridized carbons (Fsp3) is 0.538. The first-order valence-corrected chi connectivity index (χ1v) is 8.05. The summed E-state index contributed by atoms with van der Waals surface area (Å²) in [5.74, 6) is 2.42. The lowest BCUT2D eigenvalue weighted by atomic mass is 10.1. The zero-order valence-electron chi connectivity index (χ0n) is 10.3. The number of hydrogen-bond acceptors (Lipinski definition) is 5. The topological polar surface area (TPSA) is 51.8 Å². The van der Waals surface area contributed by atoms with Gasteiger partial charge in [0.25, 0.3) is 0 Å². The molecule has 0 atom stereocenters. The van der Waals surface area contributed by atoms with E-state index >= 15 is 0 Å². The van der Waals surface area contributed by atoms with E-state index in [2.05, 4.69) is 11.3 Å². The van der Waals surface area contributed by atoms with E-state index < -0.39 is 0 Å². The molecule has 2 heterocycles. The molecular weight excluding hydrogens is 262 g/mol. The summed E-state index contributed by atoms with van der Waals surface area (Å²) in [6.07, 6.45) is 5.15. The summed E-state index contributed by atoms with van der Waals surface area (Å²) in [7, 11) is 0. The third kappa shape index (κ3) is 1.68. The van der Waals surface area contributed by atoms with Crippen molar-refractivity contribution < 1.29 is 0 Å². The lowest BCUT2D eigenvalue weighted by Gasteiger charge is -1.97. The minimum absolute atomic E-state index is 0.623. The standard InChI is InChI=1S/C13H15N3S2/c1-6-9(11(14)17-10(6)7-2-3-7)13-15-12(16-18-13)8-4-5-8/h7-8H,2-5,14H2,1H3. The Labute approximate surface area is 114 Å². The Morgan fingerprint density at radius 2 is 1.89 bits per heavy atom. The van der Waals surface area contributed by atoms with Gasteiger partial charge in [-0.2, -0.15) is 4.37 Å². The van der Waals surface area contributed by atoms with Crippen molar-refractivity contribution in [3.8, 4) is 10.6 Å². The zero-order chi connectivity index (χ0) is 12.3. The number of nitrogens with two attached hydrogens (primary N) is 1. The summed E-state index contributed by atoms with van der Waals surface area (Å²) in [4.78, 5) is 6.17. The fourth-order valence-electron chi connectivity index (χ4n) is 2.40. The van der Waals surface area contributed by atoms with Crippen LogP contribution in [-0.4, -0.2) is 9.36 Å². The summed E-state index contributed by atoms with van der Waals surface area (Å²) < 4.78 is 4.49. The molecule has 0 unspecified atom stereocenters. The predicted octanol–water partition coefficient (Wildman–Crippen LogP) is 3.91. The van der Waals surface area contributed by atoms with E-state index in [9.17, 15) is 0 Å². The van der Waals surface area contributed by atoms with Gasteiger partial charge in [-0.3, -0.25) is 0 Å². The van der Waals surface area contributed by atoms with Gasteiger partial charge in [-0.05, 0) is 55.6 Å². The average molecular weight is 277 g/mol. The number of nitrogens with zero attached hydrogens (tertiary/aromatic N) is 2. The highest BCUT2D eigenvalue weighted by atomic mass is 32.1. The molecule has 2 fully saturated rings. The fourth-order valence-corrected chi connectivity index (χ4v) is 4.57. The van der Waals surface area contributed by atoms with Gasteiger partial charge in [0.05, 0.1) is 5.00 Å². The Hall–Kier alpha value is -0.940. The summed E-state index contributed by atoms with van der Waals surface area (Å²) in [6.45, 7) is 2.19. The van der Waals surface area contributed by atoms with E-state index in [-0.39, 0.29) is 0 Å². The van der Waals surface area contributed by atoms with Crippen molar-refractivity contribution in [2.45, 2.75) is 44.4 Å². The molecule has 3 nitrogen and oxygen atoms in total. The molecule has 94 valence electrons. The first-order valence-electron chi connectivity index (χ1n) is 6.46. The van der Waals surface area contributed by atoms with Crippen LogP contribution in [0.5, 0.6) is 0 Å². The van der Waals surface area contributed by atoms with E-state index in [4.69, 9.17) is 10.7 Å². The van der Waals surface area contributed by atoms with Crippen LogP contribution in [0.25, 0.3) is 10.6 Å². The maximum absolute atomic E-state index is 6.20. The van der Waals surface area contributed by atoms with Crippen LogP contribution in [0.4, 0.5) is 5.00 Å². The van der Waals surface area contributed by atoms with Crippen LogP contribution in [0.2, 0.25) is 0 Å². The molecule has 0 aliphatic heterocycles. The highest BCUT2D eigenvalue weighted by Gasteiger charge is 2.32. The van der Waals surface area contributed by atoms with Gasteiger partial charge in [-0.25, -0.2) is 4.98 Å². The number of aromatic nitrogens is 2. The Morgan fingerprint density at radius 3 is 2.56 bits per heavy atom. The molecule has 0 bridgehead atoms. The largest absolute Gasteiger partial charge is 0.390 e. The molecule has 2 N–H and O–H groups in total. The maximum Gasteiger partial charge on any atom is 0.147 e. The van der Waals surface area contributed by atoms with Crippen LogP contribution < -0.4 is 5.73 Å². The number of rotatable bonds is 3. The molecule has 0 amide bonds. The third-order valence-electron chi connectivity index (χ3n) is 3.76. The summed E-state index contributed by atoms with van der Waals surface area (Å²) in [5, 5.41) is 1.95. The molecule has 2 aliphatic rings. The van der Waals surface area contributed by atoms with E-state index in [0.717, 1.165) is 27.3 Å². The van der Waals surface area contributed by atoms with Crippen molar-refractivity contribution in [1.29, 1.82) is 0 Å². The first kappa shape index (κ1) is 10.9. The van der Waals surface area contributed by atoms with Crippen LogP contribution in [0.15, 0.2) is 0 Å². The number of nitrogen functional groups attached to an aromatic ring is 1. The molecule has 0 saturated heterocycles. The molecule has 18 heavy (non-hydrogen) atoms. The van der Waals surface area contributed by atoms with Gasteiger partial charge >= 0.3 is 0 Å². The zero-order valence-corrected chi connectivity index (χ0v) is 11.9. The minimum Gasteiger partial charge on any atom is -0.390 e. The van der Waals surface area contributed by atoms with Crippen LogP contribution >= 0.6 is 22.9 Å². The van der Waals surface area contributed by atoms with Crippen molar-refractivity contribution in [2.24, 2.45) is 0 Å². The van der Waals surface area contributed by atoms with Crippen LogP contribution in [-0.2, 0) is 0 Å². The van der Waals surface area contributed by atoms with Crippen LogP contribution in [0.1, 0.15) is 53.8 Å². The maximum atomic E-state index is 6.20. The third-order valence-corrected chi connectivity index (χ3v) is 5.79. The quantitative estimate of drug-likeness (QED) is 0.925. The lowest BCUT2D eigenvalue weighted by Crippen LogP contribution is -1.87. The minimum atomic E-state index is 0.623. The average Bonchev–Trinajstić information content (AvgIpc) is 3.26. The van der Waals surface area contributed by atoms with Crippen molar-refractivity contribution >= 4 is 27.9 Å². The molecule has 5 heteroatoms. The van der Waals surface area contributed by atoms with Gasteiger partial charge in [0.15, 0.2) is 0 Å². The molecule has 2 saturated carbocycles. The Bertz CT molecular complexity index is 606. The monoisotopic (exact) mass is 277 g/mol. The van der Waals surface area contributed by atoms with Crippen LogP contribution in [0.3, 0.4) is 0 Å². The van der Waals surface area contributed by atoms with Crippen molar-refractivity contribution in [3.05, 3.63) is 16.3 Å². The summed E-state index contributed by atoms with van der Waals surface area (Å²) in [6, 6.07) is 0. The van der Waals surface area contributed by atoms with Gasteiger partial charge in [0, 0.05) is 16.4 Å². The second-order valence-corrected chi connectivity index (χ2v) is 7.17. The van der Waals surface area contributed by atoms with Gasteiger partial charge in [-0.1, -0.05) is 0 Å². The SMILES string of the molecule is Cc1c(C2CC2)sc(N)c1-c1nc(C2CC2)ns1. The van der Waals surface area contributed by atoms with Crippen molar-refractivity contribution in [2.75, 3.05) is 5.73 Å². The Morgan fingerprint density at radius 1 is 1.17 bits per heavy atom. The first-order chi connectivity index (χ1) is 8.74. The normalized spacial score (nSPS) is 19.4. The Kier molecular flexibility index (Phi) is 2.29. The predicted molar refractivity (Wildman–Crippen MR) is 76.3 cm³/mol. The molecule has 4 rings (SSSR count). The number of anilines is 1. The van der Waals surface area contributed by atoms with Gasteiger partial charge in [0.2, 0.25) is 0 Å².